The zero-order valence-corrected chi connectivity index (χ0v) is 15.5. The van der Waals surface area contributed by atoms with Gasteiger partial charge in [-0.3, -0.25) is 14.4 Å². The van der Waals surface area contributed by atoms with Crippen LogP contribution in [0.2, 0.25) is 0 Å². The summed E-state index contributed by atoms with van der Waals surface area (Å²) < 4.78 is 6.96. The van der Waals surface area contributed by atoms with Gasteiger partial charge in [-0.2, -0.15) is 0 Å². The van der Waals surface area contributed by atoms with E-state index in [1.165, 1.54) is 0 Å². The van der Waals surface area contributed by atoms with E-state index in [0.29, 0.717) is 21.8 Å². The fraction of sp³-hybridized carbons (Fsp3) is 0.318. The normalized spacial score (nSPS) is 14.4. The van der Waals surface area contributed by atoms with E-state index in [1.54, 1.807) is 28.8 Å². The van der Waals surface area contributed by atoms with Gasteiger partial charge in [-0.15, -0.1) is 0 Å². The second-order valence-corrected chi connectivity index (χ2v) is 7.16. The Labute approximate surface area is 162 Å². The minimum Gasteiger partial charge on any atom is -0.454 e. The van der Waals surface area contributed by atoms with Gasteiger partial charge < -0.3 is 14.6 Å². The molecule has 0 radical (unpaired) electrons. The first-order chi connectivity index (χ1) is 13.6. The summed E-state index contributed by atoms with van der Waals surface area (Å²) in [7, 11) is 0. The Morgan fingerprint density at radius 2 is 1.54 bits per heavy atom. The molecule has 1 aliphatic carbocycles. The summed E-state index contributed by atoms with van der Waals surface area (Å²) in [5.74, 6) is -0.782. The third kappa shape index (κ3) is 3.63. The lowest BCUT2D eigenvalue weighted by molar-refractivity contribution is -0.149. The maximum atomic E-state index is 12.7. The quantitative estimate of drug-likeness (QED) is 0.547. The van der Waals surface area contributed by atoms with Crippen LogP contribution in [0, 0.1) is 0 Å². The first kappa shape index (κ1) is 18.2. The summed E-state index contributed by atoms with van der Waals surface area (Å²) in [5, 5.41) is 4.00. The first-order valence-corrected chi connectivity index (χ1v) is 9.59. The van der Waals surface area contributed by atoms with Crippen LogP contribution in [-0.2, 0) is 20.9 Å². The molecule has 6 nitrogen and oxygen atoms in total. The Hall–Kier alpha value is -3.15. The van der Waals surface area contributed by atoms with E-state index in [9.17, 15) is 14.4 Å². The van der Waals surface area contributed by atoms with Gasteiger partial charge in [-0.25, -0.2) is 0 Å². The molecule has 144 valence electrons. The molecule has 0 saturated heterocycles. The number of nitrogens with zero attached hydrogens (tertiary/aromatic N) is 1. The summed E-state index contributed by atoms with van der Waals surface area (Å²) in [6, 6.07) is 14.6. The van der Waals surface area contributed by atoms with Crippen molar-refractivity contribution in [1.82, 2.24) is 9.88 Å². The number of rotatable bonds is 5. The van der Waals surface area contributed by atoms with Crippen LogP contribution >= 0.6 is 0 Å². The predicted molar refractivity (Wildman–Crippen MR) is 107 cm³/mol. The largest absolute Gasteiger partial charge is 0.454 e. The van der Waals surface area contributed by atoms with E-state index in [4.69, 9.17) is 4.74 Å². The summed E-state index contributed by atoms with van der Waals surface area (Å²) in [6.07, 6.45) is 4.21. The Bertz CT molecular complexity index is 1040. The molecule has 6 heteroatoms. The number of hydrogen-bond donors (Lipinski definition) is 1. The molecule has 28 heavy (non-hydrogen) atoms. The Balaban J connectivity index is 1.55. The van der Waals surface area contributed by atoms with Crippen LogP contribution in [0.1, 0.15) is 25.7 Å². The average Bonchev–Trinajstić information content (AvgIpc) is 3.22. The van der Waals surface area contributed by atoms with E-state index < -0.39 is 5.97 Å². The highest BCUT2D eigenvalue weighted by Gasteiger charge is 2.18. The maximum Gasteiger partial charge on any atom is 0.326 e. The van der Waals surface area contributed by atoms with Gasteiger partial charge >= 0.3 is 5.97 Å². The standard InChI is InChI=1S/C22H22N2O4/c25-20(23-15-7-1-2-8-15)14-28-21(26)13-24-18-11-5-3-9-16(18)22(27)17-10-4-6-12-19(17)24/h3-6,9-12,15H,1-2,7-8,13-14H2,(H,23,25). The lowest BCUT2D eigenvalue weighted by atomic mass is 10.1. The van der Waals surface area contributed by atoms with Crippen LogP contribution in [-0.4, -0.2) is 29.1 Å². The number of pyridine rings is 1. The Kier molecular flexibility index (Phi) is 5.10. The molecule has 1 heterocycles. The predicted octanol–water partition coefficient (Wildman–Crippen LogP) is 2.76. The number of esters is 1. The monoisotopic (exact) mass is 378 g/mol. The zero-order chi connectivity index (χ0) is 19.5. The number of amides is 1. The molecule has 2 aromatic carbocycles. The molecule has 0 aliphatic heterocycles. The Morgan fingerprint density at radius 3 is 2.14 bits per heavy atom. The number of carbonyl (C=O) groups is 2. The van der Waals surface area contributed by atoms with Crippen molar-refractivity contribution in [2.24, 2.45) is 0 Å². The summed E-state index contributed by atoms with van der Waals surface area (Å²) >= 11 is 0. The topological polar surface area (TPSA) is 77.4 Å². The first-order valence-electron chi connectivity index (χ1n) is 9.59. The number of hydrogen-bond acceptors (Lipinski definition) is 4. The molecule has 4 rings (SSSR count). The van der Waals surface area contributed by atoms with Gasteiger partial charge in [0.25, 0.3) is 5.91 Å². The second-order valence-electron chi connectivity index (χ2n) is 7.16. The van der Waals surface area contributed by atoms with Gasteiger partial charge in [0.2, 0.25) is 0 Å². The molecule has 0 unspecified atom stereocenters. The zero-order valence-electron chi connectivity index (χ0n) is 15.5. The van der Waals surface area contributed by atoms with Crippen LogP contribution in [0.15, 0.2) is 53.3 Å². The molecule has 0 spiro atoms. The summed E-state index contributed by atoms with van der Waals surface area (Å²) in [5.41, 5.74) is 1.27. The highest BCUT2D eigenvalue weighted by atomic mass is 16.5. The minimum atomic E-state index is -0.513. The molecule has 1 aromatic heterocycles. The molecular weight excluding hydrogens is 356 g/mol. The van der Waals surface area contributed by atoms with Crippen LogP contribution in [0.4, 0.5) is 0 Å². The van der Waals surface area contributed by atoms with Crippen molar-refractivity contribution in [3.63, 3.8) is 0 Å². The van der Waals surface area contributed by atoms with Crippen LogP contribution < -0.4 is 10.7 Å². The van der Waals surface area contributed by atoms with Crippen molar-refractivity contribution < 1.29 is 14.3 Å². The molecule has 1 amide bonds. The maximum absolute atomic E-state index is 12.7. The third-order valence-corrected chi connectivity index (χ3v) is 5.25. The van der Waals surface area contributed by atoms with Crippen LogP contribution in [0.5, 0.6) is 0 Å². The van der Waals surface area contributed by atoms with Gasteiger partial charge in [0, 0.05) is 16.8 Å². The van der Waals surface area contributed by atoms with Crippen LogP contribution in [0.3, 0.4) is 0 Å². The highest BCUT2D eigenvalue weighted by Crippen LogP contribution is 2.19. The smallest absolute Gasteiger partial charge is 0.326 e. The average molecular weight is 378 g/mol. The number of benzene rings is 2. The molecule has 3 aromatic rings. The fourth-order valence-electron chi connectivity index (χ4n) is 3.91. The Morgan fingerprint density at radius 1 is 0.964 bits per heavy atom. The molecule has 1 aliphatic rings. The van der Waals surface area contributed by atoms with Gasteiger partial charge in [0.05, 0.1) is 11.0 Å². The van der Waals surface area contributed by atoms with Gasteiger partial charge in [0.1, 0.15) is 6.54 Å². The van der Waals surface area contributed by atoms with E-state index in [-0.39, 0.29) is 30.5 Å². The van der Waals surface area contributed by atoms with Crippen LogP contribution in [0.25, 0.3) is 21.8 Å². The van der Waals surface area contributed by atoms with E-state index in [0.717, 1.165) is 25.7 Å². The van der Waals surface area contributed by atoms with E-state index >= 15 is 0 Å². The number of aromatic nitrogens is 1. The van der Waals surface area contributed by atoms with Gasteiger partial charge in [-0.1, -0.05) is 37.1 Å². The van der Waals surface area contributed by atoms with Crippen molar-refractivity contribution in [2.75, 3.05) is 6.61 Å². The summed E-state index contributed by atoms with van der Waals surface area (Å²) in [6.45, 7) is -0.358. The second kappa shape index (κ2) is 7.84. The highest BCUT2D eigenvalue weighted by molar-refractivity contribution is 5.94. The van der Waals surface area contributed by atoms with E-state index in [2.05, 4.69) is 5.32 Å². The lowest BCUT2D eigenvalue weighted by Gasteiger charge is -2.15. The number of ether oxygens (including phenoxy) is 1. The minimum absolute atomic E-state index is 0.0632. The molecule has 0 atom stereocenters. The SMILES string of the molecule is O=C(COC(=O)Cn1c2ccccc2c(=O)c2ccccc21)NC1CCCC1. The van der Waals surface area contributed by atoms with Gasteiger partial charge in [0.15, 0.2) is 12.0 Å². The van der Waals surface area contributed by atoms with Crippen molar-refractivity contribution in [2.45, 2.75) is 38.3 Å². The molecule has 0 bridgehead atoms. The van der Waals surface area contributed by atoms with Crippen molar-refractivity contribution in [3.8, 4) is 0 Å². The van der Waals surface area contributed by atoms with E-state index in [1.807, 2.05) is 24.3 Å². The number of fused-ring (bicyclic) bond motifs is 2. The molecular formula is C22H22N2O4. The van der Waals surface area contributed by atoms with Crippen molar-refractivity contribution >= 4 is 33.7 Å². The fourth-order valence-corrected chi connectivity index (χ4v) is 3.91. The number of para-hydroxylation sites is 2. The number of nitrogens with one attached hydrogen (secondary N) is 1. The molecule has 1 fully saturated rings. The van der Waals surface area contributed by atoms with Crippen molar-refractivity contribution in [1.29, 1.82) is 0 Å². The molecule has 1 saturated carbocycles. The lowest BCUT2D eigenvalue weighted by Crippen LogP contribution is -2.36. The summed E-state index contributed by atoms with van der Waals surface area (Å²) in [4.78, 5) is 37.1. The van der Waals surface area contributed by atoms with Gasteiger partial charge in [-0.05, 0) is 37.1 Å². The molecule has 1 N–H and O–H groups in total. The third-order valence-electron chi connectivity index (χ3n) is 5.25. The number of carbonyl (C=O) groups excluding carboxylic acids is 2. The van der Waals surface area contributed by atoms with Crippen molar-refractivity contribution in [3.05, 3.63) is 58.8 Å².